The van der Waals surface area contributed by atoms with Crippen LogP contribution in [0.1, 0.15) is 18.4 Å². The lowest BCUT2D eigenvalue weighted by Crippen LogP contribution is -2.20. The van der Waals surface area contributed by atoms with Crippen LogP contribution >= 0.6 is 0 Å². The van der Waals surface area contributed by atoms with Crippen LogP contribution in [-0.2, 0) is 9.59 Å². The second kappa shape index (κ2) is 9.17. The standard InChI is InChI=1S/C25H20FN3O2/c26-19-9-11-20(12-10-19)28-24(30)13-14-25(31)29-27-16-23-21-7-3-1-5-17(21)15-18-6-2-4-8-22(18)23/h1-12,15-16H,13-14H2,(H,28,30)(H,29,31)/b27-16-. The summed E-state index contributed by atoms with van der Waals surface area (Å²) in [6.45, 7) is 0. The fraction of sp³-hybridized carbons (Fsp3) is 0.0800. The normalized spacial score (nSPS) is 11.1. The maximum Gasteiger partial charge on any atom is 0.240 e. The van der Waals surface area contributed by atoms with Gasteiger partial charge in [-0.05, 0) is 51.9 Å². The molecule has 4 rings (SSSR count). The quantitative estimate of drug-likeness (QED) is 0.265. The second-order valence-corrected chi connectivity index (χ2v) is 7.08. The van der Waals surface area contributed by atoms with Crippen LogP contribution in [-0.4, -0.2) is 18.0 Å². The van der Waals surface area contributed by atoms with Crippen molar-refractivity contribution in [3.8, 4) is 0 Å². The van der Waals surface area contributed by atoms with E-state index in [2.05, 4.69) is 21.9 Å². The molecule has 0 aliphatic rings. The van der Waals surface area contributed by atoms with Crippen molar-refractivity contribution in [2.75, 3.05) is 5.32 Å². The molecule has 0 saturated heterocycles. The molecule has 0 heterocycles. The first-order valence-corrected chi connectivity index (χ1v) is 9.88. The van der Waals surface area contributed by atoms with Crippen molar-refractivity contribution in [3.05, 3.63) is 90.2 Å². The Hall–Kier alpha value is -4.06. The lowest BCUT2D eigenvalue weighted by molar-refractivity contribution is -0.124. The summed E-state index contributed by atoms with van der Waals surface area (Å²) in [5.41, 5.74) is 3.89. The van der Waals surface area contributed by atoms with Crippen LogP contribution in [0, 0.1) is 5.82 Å². The number of hydrogen-bond donors (Lipinski definition) is 2. The number of carbonyl (C=O) groups is 2. The van der Waals surface area contributed by atoms with Crippen molar-refractivity contribution in [1.82, 2.24) is 5.43 Å². The highest BCUT2D eigenvalue weighted by molar-refractivity contribution is 6.13. The molecule has 0 fully saturated rings. The van der Waals surface area contributed by atoms with E-state index in [0.717, 1.165) is 27.1 Å². The zero-order valence-electron chi connectivity index (χ0n) is 16.6. The molecule has 0 unspecified atom stereocenters. The number of fused-ring (bicyclic) bond motifs is 2. The topological polar surface area (TPSA) is 70.6 Å². The van der Waals surface area contributed by atoms with Gasteiger partial charge in [-0.2, -0.15) is 5.10 Å². The lowest BCUT2D eigenvalue weighted by atomic mass is 9.97. The van der Waals surface area contributed by atoms with Gasteiger partial charge in [0.05, 0.1) is 6.21 Å². The van der Waals surface area contributed by atoms with Crippen molar-refractivity contribution >= 4 is 45.3 Å². The maximum atomic E-state index is 12.9. The van der Waals surface area contributed by atoms with E-state index >= 15 is 0 Å². The molecule has 0 saturated carbocycles. The number of halogens is 1. The molecule has 6 heteroatoms. The van der Waals surface area contributed by atoms with Crippen LogP contribution in [0.5, 0.6) is 0 Å². The minimum atomic E-state index is -0.380. The third kappa shape index (κ3) is 4.93. The van der Waals surface area contributed by atoms with E-state index in [1.807, 2.05) is 48.5 Å². The molecule has 0 atom stereocenters. The minimum absolute atomic E-state index is 0.00404. The van der Waals surface area contributed by atoms with Gasteiger partial charge in [-0.1, -0.05) is 48.5 Å². The maximum absolute atomic E-state index is 12.9. The Morgan fingerprint density at radius 1 is 0.806 bits per heavy atom. The summed E-state index contributed by atoms with van der Waals surface area (Å²) in [6, 6.07) is 23.6. The summed E-state index contributed by atoms with van der Waals surface area (Å²) in [5, 5.41) is 11.0. The summed E-state index contributed by atoms with van der Waals surface area (Å²) in [5.74, 6) is -1.07. The molecule has 0 radical (unpaired) electrons. The Balaban J connectivity index is 1.40. The average molecular weight is 413 g/mol. The highest BCUT2D eigenvalue weighted by Crippen LogP contribution is 2.27. The Morgan fingerprint density at radius 3 is 2.03 bits per heavy atom. The van der Waals surface area contributed by atoms with Gasteiger partial charge >= 0.3 is 0 Å². The molecule has 0 aliphatic carbocycles. The van der Waals surface area contributed by atoms with E-state index in [9.17, 15) is 14.0 Å². The SMILES string of the molecule is O=C(CCC(=O)Nc1ccc(F)cc1)N/N=C\c1c2ccccc2cc2ccccc12. The average Bonchev–Trinajstić information content (AvgIpc) is 2.79. The lowest BCUT2D eigenvalue weighted by Gasteiger charge is -2.08. The Labute approximate surface area is 178 Å². The molecular weight excluding hydrogens is 393 g/mol. The highest BCUT2D eigenvalue weighted by Gasteiger charge is 2.08. The molecule has 0 aromatic heterocycles. The van der Waals surface area contributed by atoms with Gasteiger partial charge < -0.3 is 5.32 Å². The molecule has 0 bridgehead atoms. The number of nitrogens with one attached hydrogen (secondary N) is 2. The number of hydrogen-bond acceptors (Lipinski definition) is 3. The number of benzene rings is 4. The van der Waals surface area contributed by atoms with Crippen LogP contribution in [0.15, 0.2) is 84.0 Å². The van der Waals surface area contributed by atoms with Gasteiger partial charge in [0.2, 0.25) is 11.8 Å². The number of nitrogens with zero attached hydrogens (tertiary/aromatic N) is 1. The predicted molar refractivity (Wildman–Crippen MR) is 121 cm³/mol. The molecule has 4 aromatic rings. The van der Waals surface area contributed by atoms with E-state index in [4.69, 9.17) is 0 Å². The summed E-state index contributed by atoms with van der Waals surface area (Å²) in [6.07, 6.45) is 1.62. The Kier molecular flexibility index (Phi) is 5.98. The number of amides is 2. The monoisotopic (exact) mass is 413 g/mol. The van der Waals surface area contributed by atoms with Gasteiger partial charge in [-0.15, -0.1) is 0 Å². The van der Waals surface area contributed by atoms with Crippen molar-refractivity contribution in [2.24, 2.45) is 5.10 Å². The molecule has 0 aliphatic heterocycles. The van der Waals surface area contributed by atoms with Crippen molar-refractivity contribution in [2.45, 2.75) is 12.8 Å². The van der Waals surface area contributed by atoms with E-state index in [-0.39, 0.29) is 30.5 Å². The molecule has 2 amide bonds. The second-order valence-electron chi connectivity index (χ2n) is 7.08. The molecule has 2 N–H and O–H groups in total. The first-order valence-electron chi connectivity index (χ1n) is 9.88. The van der Waals surface area contributed by atoms with E-state index in [1.54, 1.807) is 6.21 Å². The number of anilines is 1. The van der Waals surface area contributed by atoms with Gasteiger partial charge in [0.1, 0.15) is 5.82 Å². The van der Waals surface area contributed by atoms with Gasteiger partial charge in [0, 0.05) is 24.1 Å². The number of carbonyl (C=O) groups excluding carboxylic acids is 2. The zero-order chi connectivity index (χ0) is 21.6. The summed E-state index contributed by atoms with van der Waals surface area (Å²) in [7, 11) is 0. The minimum Gasteiger partial charge on any atom is -0.326 e. The van der Waals surface area contributed by atoms with E-state index in [1.165, 1.54) is 24.3 Å². The largest absolute Gasteiger partial charge is 0.326 e. The summed E-state index contributed by atoms with van der Waals surface area (Å²) >= 11 is 0. The fourth-order valence-corrected chi connectivity index (χ4v) is 3.40. The molecule has 31 heavy (non-hydrogen) atoms. The third-order valence-corrected chi connectivity index (χ3v) is 4.90. The Morgan fingerprint density at radius 2 is 1.39 bits per heavy atom. The van der Waals surface area contributed by atoms with E-state index < -0.39 is 0 Å². The molecule has 5 nitrogen and oxygen atoms in total. The van der Waals surface area contributed by atoms with Gasteiger partial charge in [-0.25, -0.2) is 9.82 Å². The number of hydrazone groups is 1. The van der Waals surface area contributed by atoms with Crippen molar-refractivity contribution in [3.63, 3.8) is 0 Å². The number of rotatable bonds is 6. The van der Waals surface area contributed by atoms with Gasteiger partial charge in [0.25, 0.3) is 0 Å². The molecule has 154 valence electrons. The molecule has 4 aromatic carbocycles. The predicted octanol–water partition coefficient (Wildman–Crippen LogP) is 5.00. The van der Waals surface area contributed by atoms with E-state index in [0.29, 0.717) is 5.69 Å². The fourth-order valence-electron chi connectivity index (χ4n) is 3.40. The summed E-state index contributed by atoms with van der Waals surface area (Å²) in [4.78, 5) is 24.1. The van der Waals surface area contributed by atoms with Crippen LogP contribution in [0.2, 0.25) is 0 Å². The zero-order valence-corrected chi connectivity index (χ0v) is 16.6. The van der Waals surface area contributed by atoms with Crippen LogP contribution < -0.4 is 10.7 Å². The third-order valence-electron chi connectivity index (χ3n) is 4.90. The van der Waals surface area contributed by atoms with Gasteiger partial charge in [0.15, 0.2) is 0 Å². The van der Waals surface area contributed by atoms with Crippen molar-refractivity contribution in [1.29, 1.82) is 0 Å². The van der Waals surface area contributed by atoms with Crippen LogP contribution in [0.3, 0.4) is 0 Å². The molecule has 0 spiro atoms. The Bertz CT molecular complexity index is 1230. The first-order chi connectivity index (χ1) is 15.1. The van der Waals surface area contributed by atoms with Crippen molar-refractivity contribution < 1.29 is 14.0 Å². The first kappa shape index (κ1) is 20.2. The molecular formula is C25H20FN3O2. The summed E-state index contributed by atoms with van der Waals surface area (Å²) < 4.78 is 12.9. The van der Waals surface area contributed by atoms with Crippen LogP contribution in [0.25, 0.3) is 21.5 Å². The van der Waals surface area contributed by atoms with Gasteiger partial charge in [-0.3, -0.25) is 9.59 Å². The highest BCUT2D eigenvalue weighted by atomic mass is 19.1. The van der Waals surface area contributed by atoms with Crippen LogP contribution in [0.4, 0.5) is 10.1 Å². The smallest absolute Gasteiger partial charge is 0.240 e.